The van der Waals surface area contributed by atoms with Gasteiger partial charge in [0, 0.05) is 5.02 Å². The third-order valence-corrected chi connectivity index (χ3v) is 3.94. The summed E-state index contributed by atoms with van der Waals surface area (Å²) in [5.41, 5.74) is 0.786. The van der Waals surface area contributed by atoms with Crippen molar-refractivity contribution in [3.8, 4) is 17.2 Å². The number of hydrogen-bond donors (Lipinski definition) is 0. The van der Waals surface area contributed by atoms with Gasteiger partial charge in [-0.1, -0.05) is 17.7 Å². The number of ether oxygens (including phenoxy) is 4. The molecule has 0 spiro atoms. The molecule has 0 atom stereocenters. The maximum Gasteiger partial charge on any atom is 0.344 e. The molecule has 2 aromatic carbocycles. The molecule has 24 heavy (non-hydrogen) atoms. The van der Waals surface area contributed by atoms with Crippen LogP contribution in [0.15, 0.2) is 40.9 Å². The van der Waals surface area contributed by atoms with Gasteiger partial charge in [-0.2, -0.15) is 0 Å². The molecule has 0 saturated carbocycles. The van der Waals surface area contributed by atoms with E-state index in [9.17, 15) is 4.79 Å². The summed E-state index contributed by atoms with van der Waals surface area (Å²) in [4.78, 5) is 11.8. The molecule has 0 fully saturated rings. The summed E-state index contributed by atoms with van der Waals surface area (Å²) in [6, 6.07) is 10.3. The van der Waals surface area contributed by atoms with Crippen molar-refractivity contribution in [1.82, 2.24) is 0 Å². The van der Waals surface area contributed by atoms with Crippen molar-refractivity contribution in [2.45, 2.75) is 6.61 Å². The fourth-order valence-corrected chi connectivity index (χ4v) is 2.70. The molecule has 0 amide bonds. The smallest absolute Gasteiger partial charge is 0.344 e. The number of benzene rings is 2. The number of hydrogen-bond acceptors (Lipinski definition) is 5. The number of rotatable bonds is 7. The van der Waals surface area contributed by atoms with Gasteiger partial charge in [-0.25, -0.2) is 4.79 Å². The van der Waals surface area contributed by atoms with Crippen LogP contribution in [0.3, 0.4) is 0 Å². The largest absolute Gasteiger partial charge is 0.493 e. The Morgan fingerprint density at radius 3 is 2.42 bits per heavy atom. The summed E-state index contributed by atoms with van der Waals surface area (Å²) in [5.74, 6) is 1.23. The van der Waals surface area contributed by atoms with Gasteiger partial charge in [-0.15, -0.1) is 0 Å². The van der Waals surface area contributed by atoms with Crippen LogP contribution in [0, 0.1) is 0 Å². The molecule has 2 rings (SSSR count). The van der Waals surface area contributed by atoms with Crippen molar-refractivity contribution < 1.29 is 23.7 Å². The van der Waals surface area contributed by atoms with E-state index in [0.29, 0.717) is 26.7 Å². The Morgan fingerprint density at radius 1 is 1.04 bits per heavy atom. The second kappa shape index (κ2) is 8.80. The predicted molar refractivity (Wildman–Crippen MR) is 94.0 cm³/mol. The summed E-state index contributed by atoms with van der Waals surface area (Å²) in [6.45, 7) is -0.0855. The Kier molecular flexibility index (Phi) is 6.75. The van der Waals surface area contributed by atoms with Crippen molar-refractivity contribution in [3.63, 3.8) is 0 Å². The highest BCUT2D eigenvalue weighted by Crippen LogP contribution is 2.29. The Labute approximate surface area is 153 Å². The molecule has 128 valence electrons. The molecule has 0 radical (unpaired) electrons. The molecular formula is C17H16BrClO5. The first kappa shape index (κ1) is 18.4. The normalized spacial score (nSPS) is 10.2. The molecule has 0 bridgehead atoms. The van der Waals surface area contributed by atoms with E-state index in [1.807, 2.05) is 0 Å². The maximum absolute atomic E-state index is 11.8. The number of methoxy groups -OCH3 is 2. The lowest BCUT2D eigenvalue weighted by Crippen LogP contribution is -2.15. The zero-order chi connectivity index (χ0) is 17.5. The van der Waals surface area contributed by atoms with Crippen LogP contribution in [-0.4, -0.2) is 26.8 Å². The quantitative estimate of drug-likeness (QED) is 0.633. The van der Waals surface area contributed by atoms with Gasteiger partial charge in [0.1, 0.15) is 12.4 Å². The van der Waals surface area contributed by atoms with Crippen molar-refractivity contribution in [1.29, 1.82) is 0 Å². The lowest BCUT2D eigenvalue weighted by atomic mass is 10.2. The number of carbonyl (C=O) groups is 1. The van der Waals surface area contributed by atoms with Crippen molar-refractivity contribution in [2.75, 3.05) is 20.8 Å². The molecular weight excluding hydrogens is 400 g/mol. The third kappa shape index (κ3) is 5.04. The van der Waals surface area contributed by atoms with E-state index in [1.54, 1.807) is 50.6 Å². The number of carbonyl (C=O) groups excluding carboxylic acids is 1. The van der Waals surface area contributed by atoms with Gasteiger partial charge in [0.25, 0.3) is 0 Å². The van der Waals surface area contributed by atoms with Crippen LogP contribution in [0.4, 0.5) is 0 Å². The van der Waals surface area contributed by atoms with Crippen LogP contribution in [-0.2, 0) is 16.1 Å². The van der Waals surface area contributed by atoms with E-state index in [-0.39, 0.29) is 13.2 Å². The van der Waals surface area contributed by atoms with Crippen molar-refractivity contribution >= 4 is 33.5 Å². The van der Waals surface area contributed by atoms with E-state index >= 15 is 0 Å². The highest BCUT2D eigenvalue weighted by Gasteiger charge is 2.09. The van der Waals surface area contributed by atoms with Gasteiger partial charge in [-0.05, 0) is 51.8 Å². The summed E-state index contributed by atoms with van der Waals surface area (Å²) in [7, 11) is 3.11. The summed E-state index contributed by atoms with van der Waals surface area (Å²) in [5, 5.41) is 0.574. The van der Waals surface area contributed by atoms with E-state index < -0.39 is 5.97 Å². The lowest BCUT2D eigenvalue weighted by molar-refractivity contribution is -0.147. The molecule has 7 heteroatoms. The summed E-state index contributed by atoms with van der Waals surface area (Å²) >= 11 is 9.16. The first-order chi connectivity index (χ1) is 11.5. The van der Waals surface area contributed by atoms with Crippen molar-refractivity contribution in [3.05, 3.63) is 51.5 Å². The SMILES string of the molecule is COc1ccc(COC(=O)COc2ccc(Cl)cc2Br)cc1OC. The van der Waals surface area contributed by atoms with Gasteiger partial charge < -0.3 is 18.9 Å². The van der Waals surface area contributed by atoms with Crippen LogP contribution < -0.4 is 14.2 Å². The zero-order valence-electron chi connectivity index (χ0n) is 13.2. The van der Waals surface area contributed by atoms with Crippen LogP contribution in [0.2, 0.25) is 5.02 Å². The molecule has 0 aliphatic heterocycles. The van der Waals surface area contributed by atoms with E-state index in [4.69, 9.17) is 30.5 Å². The third-order valence-electron chi connectivity index (χ3n) is 3.09. The fourth-order valence-electron chi connectivity index (χ4n) is 1.90. The highest BCUT2D eigenvalue weighted by atomic mass is 79.9. The first-order valence-corrected chi connectivity index (χ1v) is 8.15. The molecule has 0 unspecified atom stereocenters. The second-order valence-corrected chi connectivity index (χ2v) is 6.00. The Morgan fingerprint density at radius 2 is 1.75 bits per heavy atom. The molecule has 0 aromatic heterocycles. The van der Waals surface area contributed by atoms with Gasteiger partial charge in [-0.3, -0.25) is 0 Å². The molecule has 5 nitrogen and oxygen atoms in total. The molecule has 0 heterocycles. The average molecular weight is 416 g/mol. The van der Waals surface area contributed by atoms with Gasteiger partial charge in [0.05, 0.1) is 18.7 Å². The van der Waals surface area contributed by atoms with Crippen LogP contribution in [0.25, 0.3) is 0 Å². The fraction of sp³-hybridized carbons (Fsp3) is 0.235. The zero-order valence-corrected chi connectivity index (χ0v) is 15.5. The number of halogens is 2. The Hall–Kier alpha value is -1.92. The Balaban J connectivity index is 1.87. The van der Waals surface area contributed by atoms with Crippen LogP contribution >= 0.6 is 27.5 Å². The summed E-state index contributed by atoms with van der Waals surface area (Å²) < 4.78 is 21.6. The molecule has 0 N–H and O–H groups in total. The predicted octanol–water partition coefficient (Wildman–Crippen LogP) is 4.24. The monoisotopic (exact) mass is 414 g/mol. The first-order valence-electron chi connectivity index (χ1n) is 6.98. The molecule has 0 aliphatic rings. The Bertz CT molecular complexity index is 720. The van der Waals surface area contributed by atoms with E-state index in [0.717, 1.165) is 5.56 Å². The second-order valence-electron chi connectivity index (χ2n) is 4.71. The van der Waals surface area contributed by atoms with Crippen molar-refractivity contribution in [2.24, 2.45) is 0 Å². The van der Waals surface area contributed by atoms with Crippen LogP contribution in [0.1, 0.15) is 5.56 Å². The van der Waals surface area contributed by atoms with E-state index in [2.05, 4.69) is 15.9 Å². The highest BCUT2D eigenvalue weighted by molar-refractivity contribution is 9.10. The standard InChI is InChI=1S/C17H16BrClO5/c1-21-15-5-3-11(7-16(15)22-2)9-24-17(20)10-23-14-6-4-12(19)8-13(14)18/h3-8H,9-10H2,1-2H3. The van der Waals surface area contributed by atoms with Crippen LogP contribution in [0.5, 0.6) is 17.2 Å². The molecule has 0 aliphatic carbocycles. The minimum absolute atomic E-state index is 0.115. The molecule has 0 saturated heterocycles. The average Bonchev–Trinajstić information content (AvgIpc) is 2.58. The minimum atomic E-state index is -0.480. The van der Waals surface area contributed by atoms with E-state index in [1.165, 1.54) is 0 Å². The molecule has 2 aromatic rings. The summed E-state index contributed by atoms with van der Waals surface area (Å²) in [6.07, 6.45) is 0. The number of esters is 1. The maximum atomic E-state index is 11.8. The van der Waals surface area contributed by atoms with Gasteiger partial charge >= 0.3 is 5.97 Å². The van der Waals surface area contributed by atoms with Gasteiger partial charge in [0.2, 0.25) is 0 Å². The minimum Gasteiger partial charge on any atom is -0.493 e. The van der Waals surface area contributed by atoms with Gasteiger partial charge in [0.15, 0.2) is 18.1 Å². The lowest BCUT2D eigenvalue weighted by Gasteiger charge is -2.11. The topological polar surface area (TPSA) is 54.0 Å².